The van der Waals surface area contributed by atoms with Crippen molar-refractivity contribution in [3.63, 3.8) is 0 Å². The first kappa shape index (κ1) is 19.4. The molecule has 0 aromatic heterocycles. The molecule has 1 atom stereocenters. The number of likely N-dealkylation sites (N-methyl/N-ethyl adjacent to an activating group) is 1. The average molecular weight is 318 g/mol. The van der Waals surface area contributed by atoms with Crippen LogP contribution in [0.5, 0.6) is 0 Å². The van der Waals surface area contributed by atoms with Crippen molar-refractivity contribution in [2.75, 3.05) is 32.8 Å². The Kier molecular flexibility index (Phi) is 9.30. The maximum Gasteiger partial charge on any atom is 0.330 e. The van der Waals surface area contributed by atoms with E-state index in [1.807, 2.05) is 30.3 Å². The van der Waals surface area contributed by atoms with Gasteiger partial charge >= 0.3 is 5.97 Å². The van der Waals surface area contributed by atoms with E-state index >= 15 is 0 Å². The molecule has 0 aliphatic heterocycles. The lowest BCUT2D eigenvalue weighted by molar-refractivity contribution is -0.926. The molecule has 3 nitrogen and oxygen atoms in total. The van der Waals surface area contributed by atoms with Crippen LogP contribution in [0.3, 0.4) is 0 Å². The van der Waals surface area contributed by atoms with Crippen LogP contribution >= 0.6 is 0 Å². The van der Waals surface area contributed by atoms with E-state index in [2.05, 4.69) is 20.8 Å². The monoisotopic (exact) mass is 318 g/mol. The highest BCUT2D eigenvalue weighted by Gasteiger charge is 2.23. The minimum atomic E-state index is -0.255. The van der Waals surface area contributed by atoms with E-state index in [1.165, 1.54) is 31.9 Å². The summed E-state index contributed by atoms with van der Waals surface area (Å²) in [5.41, 5.74) is 1.01. The molecule has 0 radical (unpaired) electrons. The van der Waals surface area contributed by atoms with E-state index in [9.17, 15) is 4.79 Å². The lowest BCUT2D eigenvalue weighted by atomic mass is 10.2. The lowest BCUT2D eigenvalue weighted by Gasteiger charge is -2.37. The number of nitrogens with zero attached hydrogens (tertiary/aromatic N) is 1. The lowest BCUT2D eigenvalue weighted by Crippen LogP contribution is -2.51. The molecule has 1 unspecified atom stereocenters. The van der Waals surface area contributed by atoms with Gasteiger partial charge in [-0.1, -0.05) is 50.6 Å². The van der Waals surface area contributed by atoms with Crippen LogP contribution in [0.15, 0.2) is 36.4 Å². The number of hydrogen-bond acceptors (Lipinski definition) is 2. The molecule has 0 saturated carbocycles. The van der Waals surface area contributed by atoms with Gasteiger partial charge in [0.1, 0.15) is 13.2 Å². The first-order valence-corrected chi connectivity index (χ1v) is 8.90. The van der Waals surface area contributed by atoms with Gasteiger partial charge in [-0.25, -0.2) is 4.79 Å². The molecule has 0 spiro atoms. The Labute approximate surface area is 141 Å². The molecular formula is C20H32NO2+. The molecule has 3 heteroatoms. The van der Waals surface area contributed by atoms with Crippen LogP contribution in [0.4, 0.5) is 0 Å². The van der Waals surface area contributed by atoms with E-state index in [0.717, 1.165) is 29.7 Å². The number of ether oxygens (including phenoxy) is 1. The number of rotatable bonds is 11. The Morgan fingerprint density at radius 1 is 1.04 bits per heavy atom. The Balaban J connectivity index is 2.45. The highest BCUT2D eigenvalue weighted by molar-refractivity contribution is 5.86. The van der Waals surface area contributed by atoms with Gasteiger partial charge in [0.05, 0.1) is 19.6 Å². The van der Waals surface area contributed by atoms with Crippen LogP contribution in [0, 0.1) is 0 Å². The zero-order valence-electron chi connectivity index (χ0n) is 15.0. The SMILES string of the molecule is CCCC[N+](CC)(CCC)CCOC(=O)/C=C/c1ccccc1. The van der Waals surface area contributed by atoms with E-state index in [4.69, 9.17) is 4.74 Å². The quantitative estimate of drug-likeness (QED) is 0.346. The minimum absolute atomic E-state index is 0.255. The van der Waals surface area contributed by atoms with Gasteiger partial charge in [0, 0.05) is 6.08 Å². The number of carbonyl (C=O) groups excluding carboxylic acids is 1. The van der Waals surface area contributed by atoms with Crippen molar-refractivity contribution in [1.82, 2.24) is 0 Å². The Morgan fingerprint density at radius 2 is 1.78 bits per heavy atom. The molecule has 1 rings (SSSR count). The normalized spacial score (nSPS) is 13.9. The van der Waals surface area contributed by atoms with Crippen LogP contribution in [-0.4, -0.2) is 43.2 Å². The largest absolute Gasteiger partial charge is 0.457 e. The second-order valence-electron chi connectivity index (χ2n) is 6.09. The summed E-state index contributed by atoms with van der Waals surface area (Å²) >= 11 is 0. The van der Waals surface area contributed by atoms with Gasteiger partial charge in [0.15, 0.2) is 0 Å². The molecule has 0 aliphatic rings. The molecule has 128 valence electrons. The second kappa shape index (κ2) is 11.0. The molecule has 0 aliphatic carbocycles. The number of carbonyl (C=O) groups is 1. The smallest absolute Gasteiger partial charge is 0.330 e. The molecule has 0 bridgehead atoms. The summed E-state index contributed by atoms with van der Waals surface area (Å²) in [4.78, 5) is 11.8. The summed E-state index contributed by atoms with van der Waals surface area (Å²) in [6, 6.07) is 9.80. The molecule has 1 aromatic carbocycles. The Morgan fingerprint density at radius 3 is 2.39 bits per heavy atom. The summed E-state index contributed by atoms with van der Waals surface area (Å²) < 4.78 is 6.46. The van der Waals surface area contributed by atoms with Gasteiger partial charge in [-0.15, -0.1) is 0 Å². The van der Waals surface area contributed by atoms with Crippen LogP contribution in [-0.2, 0) is 9.53 Å². The number of hydrogen-bond donors (Lipinski definition) is 0. The molecule has 0 fully saturated rings. The van der Waals surface area contributed by atoms with Crippen molar-refractivity contribution in [3.05, 3.63) is 42.0 Å². The highest BCUT2D eigenvalue weighted by Crippen LogP contribution is 2.11. The van der Waals surface area contributed by atoms with Crippen molar-refractivity contribution in [1.29, 1.82) is 0 Å². The number of benzene rings is 1. The van der Waals surface area contributed by atoms with Gasteiger partial charge in [0.25, 0.3) is 0 Å². The van der Waals surface area contributed by atoms with Crippen molar-refractivity contribution in [3.8, 4) is 0 Å². The van der Waals surface area contributed by atoms with Crippen molar-refractivity contribution < 1.29 is 14.0 Å². The second-order valence-corrected chi connectivity index (χ2v) is 6.09. The molecule has 0 heterocycles. The van der Waals surface area contributed by atoms with Gasteiger partial charge in [0.2, 0.25) is 0 Å². The average Bonchev–Trinajstić information content (AvgIpc) is 2.59. The van der Waals surface area contributed by atoms with Crippen molar-refractivity contribution in [2.24, 2.45) is 0 Å². The third-order valence-electron chi connectivity index (χ3n) is 4.38. The zero-order chi connectivity index (χ0) is 17.0. The van der Waals surface area contributed by atoms with Crippen molar-refractivity contribution >= 4 is 12.0 Å². The predicted octanol–water partition coefficient (Wildman–Crippen LogP) is 4.29. The van der Waals surface area contributed by atoms with E-state index in [0.29, 0.717) is 6.61 Å². The van der Waals surface area contributed by atoms with Gasteiger partial charge in [-0.05, 0) is 31.4 Å². The summed E-state index contributed by atoms with van der Waals surface area (Å²) in [6.45, 7) is 11.5. The molecule has 0 saturated heterocycles. The topological polar surface area (TPSA) is 26.3 Å². The molecule has 0 amide bonds. The zero-order valence-corrected chi connectivity index (χ0v) is 15.0. The van der Waals surface area contributed by atoms with Gasteiger partial charge in [-0.2, -0.15) is 0 Å². The third-order valence-corrected chi connectivity index (χ3v) is 4.38. The summed E-state index contributed by atoms with van der Waals surface area (Å²) in [5.74, 6) is -0.255. The van der Waals surface area contributed by atoms with Gasteiger partial charge < -0.3 is 9.22 Å². The van der Waals surface area contributed by atoms with Crippen LogP contribution < -0.4 is 0 Å². The van der Waals surface area contributed by atoms with E-state index < -0.39 is 0 Å². The number of esters is 1. The number of quaternary nitrogens is 1. The minimum Gasteiger partial charge on any atom is -0.457 e. The first-order valence-electron chi connectivity index (χ1n) is 8.90. The van der Waals surface area contributed by atoms with Crippen molar-refractivity contribution in [2.45, 2.75) is 40.0 Å². The maximum atomic E-state index is 11.8. The number of unbranched alkanes of at least 4 members (excludes halogenated alkanes) is 1. The van der Waals surface area contributed by atoms with Crippen LogP contribution in [0.25, 0.3) is 6.08 Å². The maximum absolute atomic E-state index is 11.8. The Bertz CT molecular complexity index is 470. The Hall–Kier alpha value is -1.61. The van der Waals surface area contributed by atoms with Crippen LogP contribution in [0.2, 0.25) is 0 Å². The van der Waals surface area contributed by atoms with Gasteiger partial charge in [-0.3, -0.25) is 0 Å². The molecular weight excluding hydrogens is 286 g/mol. The highest BCUT2D eigenvalue weighted by atomic mass is 16.5. The first-order chi connectivity index (χ1) is 11.2. The molecule has 1 aromatic rings. The van der Waals surface area contributed by atoms with Crippen LogP contribution in [0.1, 0.15) is 45.6 Å². The predicted molar refractivity (Wildman–Crippen MR) is 97.0 cm³/mol. The van der Waals surface area contributed by atoms with E-state index in [-0.39, 0.29) is 5.97 Å². The van der Waals surface area contributed by atoms with E-state index in [1.54, 1.807) is 6.08 Å². The third kappa shape index (κ3) is 7.47. The standard InChI is InChI=1S/C20H32NO2/c1-4-7-16-21(6-3,15-5-2)17-18-23-20(22)14-13-19-11-9-8-10-12-19/h8-14H,4-7,15-18H2,1-3H3/q+1/b14-13+. The molecule has 23 heavy (non-hydrogen) atoms. The fraction of sp³-hybridized carbons (Fsp3) is 0.550. The fourth-order valence-corrected chi connectivity index (χ4v) is 2.89. The molecule has 0 N–H and O–H groups in total. The summed E-state index contributed by atoms with van der Waals surface area (Å²) in [6.07, 6.45) is 6.92. The summed E-state index contributed by atoms with van der Waals surface area (Å²) in [7, 11) is 0. The summed E-state index contributed by atoms with van der Waals surface area (Å²) in [5, 5.41) is 0. The fourth-order valence-electron chi connectivity index (χ4n) is 2.89.